The molecule has 2 fully saturated rings. The maximum absolute atomic E-state index is 14.3. The molecule has 10 nitrogen and oxygen atoms in total. The molecule has 0 radical (unpaired) electrons. The Balaban J connectivity index is 2.60. The summed E-state index contributed by atoms with van der Waals surface area (Å²) in [6.07, 6.45) is 8.81. The van der Waals surface area contributed by atoms with Crippen molar-refractivity contribution in [3.8, 4) is 0 Å². The van der Waals surface area contributed by atoms with Gasteiger partial charge >= 0.3 is 12.1 Å². The summed E-state index contributed by atoms with van der Waals surface area (Å²) in [7, 11) is 3.17. The van der Waals surface area contributed by atoms with E-state index in [0.717, 1.165) is 25.7 Å². The molecule has 2 heterocycles. The highest BCUT2D eigenvalue weighted by molar-refractivity contribution is 5.88. The van der Waals surface area contributed by atoms with Gasteiger partial charge in [-0.05, 0) is 45.4 Å². The van der Waals surface area contributed by atoms with E-state index in [9.17, 15) is 9.59 Å². The van der Waals surface area contributed by atoms with Gasteiger partial charge in [0.25, 0.3) is 0 Å². The van der Waals surface area contributed by atoms with Gasteiger partial charge in [-0.1, -0.05) is 52.7 Å². The van der Waals surface area contributed by atoms with E-state index in [1.807, 2.05) is 30.9 Å². The summed E-state index contributed by atoms with van der Waals surface area (Å²) in [6, 6.07) is -0.300. The van der Waals surface area contributed by atoms with Crippen LogP contribution < -0.4 is 0 Å². The summed E-state index contributed by atoms with van der Waals surface area (Å²) >= 11 is 0. The fourth-order valence-electron chi connectivity index (χ4n) is 5.80. The Kier molecular flexibility index (Phi) is 12.8. The standard InChI is InChI=1S/C28H52N4O6/c1-9-11-15-27-28(16-12-10-2,31(21-36-8)26(34)30(27)20-35-7)32(25(33)29(27)19-23(3)4)22-37-17-13-14-18-38-24(5)6/h13-14,23-24H,9-12,15-22H2,1-8H3. The van der Waals surface area contributed by atoms with Gasteiger partial charge in [0.05, 0.1) is 19.3 Å². The minimum Gasteiger partial charge on any atom is -0.375 e. The number of ether oxygens (including phenoxy) is 4. The first-order valence-electron chi connectivity index (χ1n) is 14.2. The third kappa shape index (κ3) is 6.29. The van der Waals surface area contributed by atoms with Crippen molar-refractivity contribution in [1.29, 1.82) is 0 Å². The molecule has 0 aliphatic carbocycles. The second-order valence-electron chi connectivity index (χ2n) is 10.9. The van der Waals surface area contributed by atoms with Gasteiger partial charge in [0.1, 0.15) is 20.2 Å². The van der Waals surface area contributed by atoms with Crippen LogP contribution in [0.5, 0.6) is 0 Å². The van der Waals surface area contributed by atoms with Crippen LogP contribution in [-0.2, 0) is 18.9 Å². The van der Waals surface area contributed by atoms with E-state index in [0.29, 0.717) is 32.6 Å². The van der Waals surface area contributed by atoms with Crippen LogP contribution in [-0.4, -0.2) is 103 Å². The molecule has 2 saturated heterocycles. The second-order valence-corrected chi connectivity index (χ2v) is 10.9. The Morgan fingerprint density at radius 3 is 1.68 bits per heavy atom. The van der Waals surface area contributed by atoms with Crippen molar-refractivity contribution in [1.82, 2.24) is 19.6 Å². The third-order valence-electron chi connectivity index (χ3n) is 7.30. The Morgan fingerprint density at radius 1 is 0.737 bits per heavy atom. The lowest BCUT2D eigenvalue weighted by atomic mass is 9.82. The first-order valence-corrected chi connectivity index (χ1v) is 14.2. The Bertz CT molecular complexity index is 778. The molecule has 220 valence electrons. The van der Waals surface area contributed by atoms with Crippen LogP contribution in [0.15, 0.2) is 12.2 Å². The van der Waals surface area contributed by atoms with Gasteiger partial charge in [-0.15, -0.1) is 0 Å². The van der Waals surface area contributed by atoms with Gasteiger partial charge in [0.2, 0.25) is 0 Å². The third-order valence-corrected chi connectivity index (χ3v) is 7.30. The van der Waals surface area contributed by atoms with Crippen molar-refractivity contribution in [2.45, 2.75) is 97.5 Å². The number of hydrogen-bond acceptors (Lipinski definition) is 6. The van der Waals surface area contributed by atoms with Gasteiger partial charge in [-0.25, -0.2) is 9.59 Å². The number of carbonyl (C=O) groups excluding carboxylic acids is 2. The van der Waals surface area contributed by atoms with Crippen molar-refractivity contribution in [2.75, 3.05) is 54.2 Å². The van der Waals surface area contributed by atoms with Crippen molar-refractivity contribution in [3.05, 3.63) is 12.2 Å². The molecule has 38 heavy (non-hydrogen) atoms. The molecule has 2 rings (SSSR count). The molecule has 4 amide bonds. The van der Waals surface area contributed by atoms with E-state index in [2.05, 4.69) is 27.7 Å². The van der Waals surface area contributed by atoms with E-state index in [1.165, 1.54) is 0 Å². The molecule has 0 saturated carbocycles. The average Bonchev–Trinajstić information content (AvgIpc) is 3.18. The molecule has 0 bridgehead atoms. The number of amides is 4. The molecular formula is C28H52N4O6. The summed E-state index contributed by atoms with van der Waals surface area (Å²) in [5.74, 6) is 0.210. The number of rotatable bonds is 19. The fourth-order valence-corrected chi connectivity index (χ4v) is 5.80. The quantitative estimate of drug-likeness (QED) is 0.168. The second kappa shape index (κ2) is 15.1. The van der Waals surface area contributed by atoms with Gasteiger partial charge in [-0.3, -0.25) is 19.6 Å². The van der Waals surface area contributed by atoms with Crippen molar-refractivity contribution in [3.63, 3.8) is 0 Å². The smallest absolute Gasteiger partial charge is 0.327 e. The predicted octanol–water partition coefficient (Wildman–Crippen LogP) is 5.05. The lowest BCUT2D eigenvalue weighted by Gasteiger charge is -2.50. The summed E-state index contributed by atoms with van der Waals surface area (Å²) in [6.45, 7) is 14.0. The first-order chi connectivity index (χ1) is 18.2. The zero-order valence-corrected chi connectivity index (χ0v) is 25.0. The monoisotopic (exact) mass is 540 g/mol. The molecule has 2 atom stereocenters. The highest BCUT2D eigenvalue weighted by Crippen LogP contribution is 2.56. The van der Waals surface area contributed by atoms with Gasteiger partial charge < -0.3 is 18.9 Å². The molecule has 10 heteroatoms. The largest absolute Gasteiger partial charge is 0.375 e. The SMILES string of the molecule is CCCCC12N(COC)C(=O)N(COC)C1(CCCC)N(CC(C)C)C(=O)N2COCC=CCOC(C)C. The van der Waals surface area contributed by atoms with Crippen molar-refractivity contribution in [2.24, 2.45) is 5.92 Å². The van der Waals surface area contributed by atoms with E-state index in [1.54, 1.807) is 28.9 Å². The number of unbranched alkanes of at least 4 members (excludes halogenated alkanes) is 2. The van der Waals surface area contributed by atoms with Crippen LogP contribution in [0, 0.1) is 5.92 Å². The van der Waals surface area contributed by atoms with Crippen LogP contribution in [0.1, 0.15) is 80.1 Å². The van der Waals surface area contributed by atoms with E-state index < -0.39 is 11.3 Å². The predicted molar refractivity (Wildman–Crippen MR) is 147 cm³/mol. The zero-order valence-electron chi connectivity index (χ0n) is 25.0. The number of methoxy groups -OCH3 is 2. The molecule has 2 unspecified atom stereocenters. The van der Waals surface area contributed by atoms with Gasteiger partial charge in [0.15, 0.2) is 11.3 Å². The van der Waals surface area contributed by atoms with Gasteiger partial charge in [0, 0.05) is 20.8 Å². The zero-order chi connectivity index (χ0) is 28.3. The highest BCUT2D eigenvalue weighted by atomic mass is 16.5. The summed E-state index contributed by atoms with van der Waals surface area (Å²) in [4.78, 5) is 35.6. The normalized spacial score (nSPS) is 23.8. The summed E-state index contributed by atoms with van der Waals surface area (Å²) in [5, 5.41) is 0. The average molecular weight is 541 g/mol. The van der Waals surface area contributed by atoms with Crippen LogP contribution in [0.25, 0.3) is 0 Å². The van der Waals surface area contributed by atoms with Crippen LogP contribution in [0.4, 0.5) is 9.59 Å². The molecular weight excluding hydrogens is 488 g/mol. The lowest BCUT2D eigenvalue weighted by Crippen LogP contribution is -2.69. The molecule has 0 aromatic heterocycles. The van der Waals surface area contributed by atoms with Crippen LogP contribution in [0.3, 0.4) is 0 Å². The maximum Gasteiger partial charge on any atom is 0.327 e. The van der Waals surface area contributed by atoms with E-state index in [-0.39, 0.29) is 44.3 Å². The summed E-state index contributed by atoms with van der Waals surface area (Å²) < 4.78 is 22.8. The molecule has 0 aromatic rings. The van der Waals surface area contributed by atoms with E-state index in [4.69, 9.17) is 18.9 Å². The van der Waals surface area contributed by atoms with Gasteiger partial charge in [-0.2, -0.15) is 0 Å². The van der Waals surface area contributed by atoms with Crippen LogP contribution in [0.2, 0.25) is 0 Å². The number of urea groups is 2. The minimum absolute atomic E-state index is 0.0642. The van der Waals surface area contributed by atoms with Crippen molar-refractivity contribution < 1.29 is 28.5 Å². The fraction of sp³-hybridized carbons (Fsp3) is 0.857. The topological polar surface area (TPSA) is 84.0 Å². The minimum atomic E-state index is -0.958. The Labute approximate surface area is 230 Å². The van der Waals surface area contributed by atoms with Crippen molar-refractivity contribution >= 4 is 12.1 Å². The highest BCUT2D eigenvalue weighted by Gasteiger charge is 2.77. The molecule has 0 N–H and O–H groups in total. The number of nitrogens with zero attached hydrogens (tertiary/aromatic N) is 4. The molecule has 0 aromatic carbocycles. The van der Waals surface area contributed by atoms with Crippen LogP contribution >= 0.6 is 0 Å². The first kappa shape index (κ1) is 32.3. The maximum atomic E-state index is 14.3. The summed E-state index contributed by atoms with van der Waals surface area (Å²) in [5.41, 5.74) is -1.87. The molecule has 0 spiro atoms. The lowest BCUT2D eigenvalue weighted by molar-refractivity contribution is -0.132. The number of fused-ring (bicyclic) bond motifs is 1. The van der Waals surface area contributed by atoms with E-state index >= 15 is 0 Å². The number of carbonyl (C=O) groups is 2. The molecule has 2 aliphatic heterocycles. The number of hydrogen-bond donors (Lipinski definition) is 0. The molecule has 2 aliphatic rings. The Morgan fingerprint density at radius 2 is 1.21 bits per heavy atom. The Hall–Kier alpha value is -1.88.